The van der Waals surface area contributed by atoms with Crippen molar-refractivity contribution in [2.24, 2.45) is 4.99 Å². The summed E-state index contributed by atoms with van der Waals surface area (Å²) >= 11 is 0. The smallest absolute Gasteiger partial charge is 0.150 e. The van der Waals surface area contributed by atoms with Crippen molar-refractivity contribution in [1.29, 1.82) is 0 Å². The predicted molar refractivity (Wildman–Crippen MR) is 70.7 cm³/mol. The third kappa shape index (κ3) is 1.82. The van der Waals surface area contributed by atoms with E-state index in [-0.39, 0.29) is 0 Å². The highest BCUT2D eigenvalue weighted by molar-refractivity contribution is 6.05. The van der Waals surface area contributed by atoms with E-state index in [0.717, 1.165) is 16.6 Å². The zero-order chi connectivity index (χ0) is 12.4. The SMILES string of the molecule is C=C/N=C\C(=C)n1cc(C)c2c(N)ncnc21. The van der Waals surface area contributed by atoms with Crippen LogP contribution in [0, 0.1) is 6.92 Å². The number of nitrogen functional groups attached to an aromatic ring is 1. The van der Waals surface area contributed by atoms with Crippen LogP contribution >= 0.6 is 0 Å². The van der Waals surface area contributed by atoms with E-state index in [2.05, 4.69) is 28.1 Å². The van der Waals surface area contributed by atoms with Crippen molar-refractivity contribution in [2.45, 2.75) is 6.92 Å². The van der Waals surface area contributed by atoms with Crippen LogP contribution in [0.2, 0.25) is 0 Å². The summed E-state index contributed by atoms with van der Waals surface area (Å²) in [5.41, 5.74) is 8.26. The van der Waals surface area contributed by atoms with E-state index in [1.807, 2.05) is 17.7 Å². The highest BCUT2D eigenvalue weighted by Crippen LogP contribution is 2.24. The number of aliphatic imine (C=N–C) groups is 1. The largest absolute Gasteiger partial charge is 0.383 e. The van der Waals surface area contributed by atoms with Crippen LogP contribution in [0.1, 0.15) is 5.56 Å². The molecule has 2 N–H and O–H groups in total. The van der Waals surface area contributed by atoms with Gasteiger partial charge in [0, 0.05) is 12.4 Å². The van der Waals surface area contributed by atoms with Crippen molar-refractivity contribution in [3.63, 3.8) is 0 Å². The Hall–Kier alpha value is -2.43. The summed E-state index contributed by atoms with van der Waals surface area (Å²) in [6.07, 6.45) is 6.41. The number of hydrogen-bond acceptors (Lipinski definition) is 4. The number of rotatable bonds is 3. The second-order valence-corrected chi connectivity index (χ2v) is 3.59. The lowest BCUT2D eigenvalue weighted by Crippen LogP contribution is -1.98. The van der Waals surface area contributed by atoms with Gasteiger partial charge in [0.1, 0.15) is 17.8 Å². The standard InChI is InChI=1S/C12H13N5/c1-4-14-5-9(3)17-6-8(2)10-11(13)15-7-16-12(10)17/h4-7H,1,3H2,2H3,(H2,13,15,16)/b14-5-. The van der Waals surface area contributed by atoms with Crippen molar-refractivity contribution in [3.8, 4) is 0 Å². The molecule has 0 saturated carbocycles. The molecular formula is C12H13N5. The van der Waals surface area contributed by atoms with Crippen LogP contribution in [-0.4, -0.2) is 20.7 Å². The van der Waals surface area contributed by atoms with Crippen molar-refractivity contribution in [1.82, 2.24) is 14.5 Å². The molecule has 2 aromatic heterocycles. The number of allylic oxidation sites excluding steroid dienone is 1. The molecule has 0 fully saturated rings. The first-order valence-corrected chi connectivity index (χ1v) is 5.06. The molecule has 2 aromatic rings. The van der Waals surface area contributed by atoms with Gasteiger partial charge in [0.25, 0.3) is 0 Å². The summed E-state index contributed by atoms with van der Waals surface area (Å²) in [6.45, 7) is 9.39. The Labute approximate surface area is 99.0 Å². The summed E-state index contributed by atoms with van der Waals surface area (Å²) in [6, 6.07) is 0. The molecule has 86 valence electrons. The molecule has 0 aromatic carbocycles. The van der Waals surface area contributed by atoms with Crippen molar-refractivity contribution in [3.05, 3.63) is 37.4 Å². The molecule has 0 aliphatic carbocycles. The number of aryl methyl sites for hydroxylation is 1. The summed E-state index contributed by atoms with van der Waals surface area (Å²) < 4.78 is 1.83. The minimum atomic E-state index is 0.472. The minimum Gasteiger partial charge on any atom is -0.383 e. The van der Waals surface area contributed by atoms with Crippen LogP contribution in [0.5, 0.6) is 0 Å². The molecule has 0 spiro atoms. The molecule has 0 saturated heterocycles. The fraction of sp³-hybridized carbons (Fsp3) is 0.0833. The quantitative estimate of drug-likeness (QED) is 0.815. The number of anilines is 1. The molecule has 2 heterocycles. The van der Waals surface area contributed by atoms with E-state index in [4.69, 9.17) is 5.73 Å². The molecule has 0 aliphatic rings. The number of aromatic nitrogens is 3. The maximum Gasteiger partial charge on any atom is 0.150 e. The Morgan fingerprint density at radius 3 is 3.00 bits per heavy atom. The highest BCUT2D eigenvalue weighted by Gasteiger charge is 2.11. The summed E-state index contributed by atoms with van der Waals surface area (Å²) in [4.78, 5) is 12.1. The molecular weight excluding hydrogens is 214 g/mol. The van der Waals surface area contributed by atoms with Crippen LogP contribution in [-0.2, 0) is 0 Å². The maximum atomic E-state index is 5.83. The Balaban J connectivity index is 2.64. The first-order chi connectivity index (χ1) is 8.15. The van der Waals surface area contributed by atoms with Gasteiger partial charge >= 0.3 is 0 Å². The molecule has 0 bridgehead atoms. The first kappa shape index (κ1) is 11.1. The van der Waals surface area contributed by atoms with Crippen molar-refractivity contribution >= 4 is 28.8 Å². The molecule has 5 heteroatoms. The Kier molecular flexibility index (Phi) is 2.74. The number of nitrogens with zero attached hydrogens (tertiary/aromatic N) is 4. The van der Waals surface area contributed by atoms with Gasteiger partial charge in [-0.1, -0.05) is 13.2 Å². The van der Waals surface area contributed by atoms with Crippen LogP contribution in [0.3, 0.4) is 0 Å². The van der Waals surface area contributed by atoms with E-state index in [0.29, 0.717) is 11.5 Å². The topological polar surface area (TPSA) is 69.1 Å². The third-order valence-electron chi connectivity index (χ3n) is 2.44. The van der Waals surface area contributed by atoms with Gasteiger partial charge in [-0.2, -0.15) is 0 Å². The minimum absolute atomic E-state index is 0.472. The van der Waals surface area contributed by atoms with Crippen LogP contribution < -0.4 is 5.73 Å². The molecule has 2 rings (SSSR count). The Morgan fingerprint density at radius 2 is 2.29 bits per heavy atom. The van der Waals surface area contributed by atoms with Gasteiger partial charge in [-0.15, -0.1) is 0 Å². The molecule has 0 aliphatic heterocycles. The normalized spacial score (nSPS) is 11.1. The fourth-order valence-corrected chi connectivity index (χ4v) is 1.69. The Morgan fingerprint density at radius 1 is 1.53 bits per heavy atom. The zero-order valence-corrected chi connectivity index (χ0v) is 9.59. The van der Waals surface area contributed by atoms with E-state index in [1.54, 1.807) is 6.21 Å². The van der Waals surface area contributed by atoms with Crippen molar-refractivity contribution < 1.29 is 0 Å². The monoisotopic (exact) mass is 227 g/mol. The second kappa shape index (κ2) is 4.21. The summed E-state index contributed by atoms with van der Waals surface area (Å²) in [7, 11) is 0. The lowest BCUT2D eigenvalue weighted by Gasteiger charge is -2.02. The predicted octanol–water partition coefficient (Wildman–Crippen LogP) is 2.01. The van der Waals surface area contributed by atoms with Crippen molar-refractivity contribution in [2.75, 3.05) is 5.73 Å². The van der Waals surface area contributed by atoms with Crippen LogP contribution in [0.25, 0.3) is 16.7 Å². The highest BCUT2D eigenvalue weighted by atomic mass is 15.1. The molecule has 5 nitrogen and oxygen atoms in total. The maximum absolute atomic E-state index is 5.83. The lowest BCUT2D eigenvalue weighted by molar-refractivity contribution is 1.12. The van der Waals surface area contributed by atoms with Gasteiger partial charge in [0.05, 0.1) is 17.3 Å². The Bertz CT molecular complexity index is 621. The average Bonchev–Trinajstić information content (AvgIpc) is 2.65. The summed E-state index contributed by atoms with van der Waals surface area (Å²) in [5, 5.41) is 0.848. The van der Waals surface area contributed by atoms with Gasteiger partial charge in [-0.05, 0) is 12.5 Å². The van der Waals surface area contributed by atoms with Crippen LogP contribution in [0.15, 0.2) is 36.9 Å². The lowest BCUT2D eigenvalue weighted by atomic mass is 10.2. The molecule has 0 unspecified atom stereocenters. The molecule has 0 atom stereocenters. The van der Waals surface area contributed by atoms with E-state index in [9.17, 15) is 0 Å². The molecule has 17 heavy (non-hydrogen) atoms. The van der Waals surface area contributed by atoms with E-state index < -0.39 is 0 Å². The molecule has 0 radical (unpaired) electrons. The van der Waals surface area contributed by atoms with Gasteiger partial charge in [-0.3, -0.25) is 9.56 Å². The summed E-state index contributed by atoms with van der Waals surface area (Å²) in [5.74, 6) is 0.472. The number of fused-ring (bicyclic) bond motifs is 1. The van der Waals surface area contributed by atoms with Gasteiger partial charge in [-0.25, -0.2) is 9.97 Å². The average molecular weight is 227 g/mol. The second-order valence-electron chi connectivity index (χ2n) is 3.59. The van der Waals surface area contributed by atoms with Gasteiger partial charge in [0.15, 0.2) is 0 Å². The van der Waals surface area contributed by atoms with Crippen LogP contribution in [0.4, 0.5) is 5.82 Å². The zero-order valence-electron chi connectivity index (χ0n) is 9.59. The van der Waals surface area contributed by atoms with E-state index >= 15 is 0 Å². The van der Waals surface area contributed by atoms with Gasteiger partial charge < -0.3 is 5.73 Å². The molecule has 0 amide bonds. The third-order valence-corrected chi connectivity index (χ3v) is 2.44. The fourth-order valence-electron chi connectivity index (χ4n) is 1.69. The van der Waals surface area contributed by atoms with Gasteiger partial charge in [0.2, 0.25) is 0 Å². The first-order valence-electron chi connectivity index (χ1n) is 5.06. The number of nitrogens with two attached hydrogens (primary N) is 1. The van der Waals surface area contributed by atoms with E-state index in [1.165, 1.54) is 12.5 Å². The number of hydrogen-bond donors (Lipinski definition) is 1.